The Morgan fingerprint density at radius 1 is 1.80 bits per heavy atom. The van der Waals surface area contributed by atoms with Crippen molar-refractivity contribution in [2.75, 3.05) is 11.5 Å². The molecule has 0 heterocycles. The van der Waals surface area contributed by atoms with Crippen molar-refractivity contribution in [3.63, 3.8) is 0 Å². The molecule has 0 radical (unpaired) electrons. The zero-order chi connectivity index (χ0) is 7.98. The van der Waals surface area contributed by atoms with Crippen LogP contribution in [0.3, 0.4) is 0 Å². The molecule has 0 saturated heterocycles. The van der Waals surface area contributed by atoms with Gasteiger partial charge in [-0.05, 0) is 6.92 Å². The molecule has 2 nitrogen and oxygen atoms in total. The summed E-state index contributed by atoms with van der Waals surface area (Å²) < 4.78 is 0. The van der Waals surface area contributed by atoms with Gasteiger partial charge in [0, 0.05) is 10.8 Å². The molecule has 0 spiro atoms. The van der Waals surface area contributed by atoms with Gasteiger partial charge in [0.2, 0.25) is 0 Å². The van der Waals surface area contributed by atoms with Crippen LogP contribution in [0.4, 0.5) is 0 Å². The maximum absolute atomic E-state index is 9.97. The van der Waals surface area contributed by atoms with Gasteiger partial charge >= 0.3 is 5.97 Å². The van der Waals surface area contributed by atoms with Crippen LogP contribution >= 0.6 is 23.4 Å². The van der Waals surface area contributed by atoms with Gasteiger partial charge in [0.05, 0.1) is 5.75 Å². The molecule has 58 valence electrons. The molecule has 10 heavy (non-hydrogen) atoms. The van der Waals surface area contributed by atoms with Crippen molar-refractivity contribution in [3.8, 4) is 0 Å². The second-order valence-corrected chi connectivity index (χ2v) is 3.33. The van der Waals surface area contributed by atoms with Crippen LogP contribution in [0, 0.1) is 0 Å². The van der Waals surface area contributed by atoms with E-state index < -0.39 is 5.97 Å². The van der Waals surface area contributed by atoms with E-state index in [1.54, 1.807) is 13.0 Å². The van der Waals surface area contributed by atoms with Crippen molar-refractivity contribution < 1.29 is 9.90 Å². The first-order chi connectivity index (χ1) is 4.63. The third-order valence-corrected chi connectivity index (χ3v) is 1.72. The number of aliphatic carboxylic acids is 1. The van der Waals surface area contributed by atoms with Gasteiger partial charge in [0.25, 0.3) is 0 Å². The van der Waals surface area contributed by atoms with Crippen LogP contribution in [-0.4, -0.2) is 22.6 Å². The Morgan fingerprint density at radius 2 is 2.40 bits per heavy atom. The van der Waals surface area contributed by atoms with Crippen LogP contribution in [0.25, 0.3) is 0 Å². The zero-order valence-electron chi connectivity index (χ0n) is 5.63. The fraction of sp³-hybridized carbons (Fsp3) is 0.500. The second-order valence-electron chi connectivity index (χ2n) is 1.70. The molecule has 0 aromatic heterocycles. The van der Waals surface area contributed by atoms with Crippen molar-refractivity contribution in [1.29, 1.82) is 0 Å². The Hall–Kier alpha value is -0.150. The van der Waals surface area contributed by atoms with E-state index in [0.717, 1.165) is 0 Å². The number of hydrogen-bond acceptors (Lipinski definition) is 2. The van der Waals surface area contributed by atoms with Crippen molar-refractivity contribution in [3.05, 3.63) is 11.1 Å². The molecule has 0 aromatic carbocycles. The largest absolute Gasteiger partial charge is 0.481 e. The summed E-state index contributed by atoms with van der Waals surface area (Å²) in [6.45, 7) is 1.77. The molecule has 0 bridgehead atoms. The predicted molar refractivity (Wildman–Crippen MR) is 44.6 cm³/mol. The lowest BCUT2D eigenvalue weighted by Gasteiger charge is -1.90. The Bertz CT molecular complexity index is 141. The van der Waals surface area contributed by atoms with E-state index in [-0.39, 0.29) is 5.75 Å². The number of carboxylic acids is 1. The summed E-state index contributed by atoms with van der Waals surface area (Å²) in [7, 11) is 0. The van der Waals surface area contributed by atoms with E-state index in [9.17, 15) is 4.79 Å². The van der Waals surface area contributed by atoms with Gasteiger partial charge in [0.1, 0.15) is 0 Å². The molecular formula is C6H9ClO2S. The average Bonchev–Trinajstić information content (AvgIpc) is 1.79. The maximum atomic E-state index is 9.97. The van der Waals surface area contributed by atoms with E-state index in [0.29, 0.717) is 10.8 Å². The summed E-state index contributed by atoms with van der Waals surface area (Å²) in [5, 5.41) is 8.91. The summed E-state index contributed by atoms with van der Waals surface area (Å²) in [5.74, 6) is 0.0214. The lowest BCUT2D eigenvalue weighted by molar-refractivity contribution is -0.133. The highest BCUT2D eigenvalue weighted by Gasteiger charge is 1.93. The fourth-order valence-electron chi connectivity index (χ4n) is 0.320. The van der Waals surface area contributed by atoms with E-state index >= 15 is 0 Å². The van der Waals surface area contributed by atoms with Gasteiger partial charge in [0.15, 0.2) is 0 Å². The van der Waals surface area contributed by atoms with Gasteiger partial charge in [-0.3, -0.25) is 4.79 Å². The Kier molecular flexibility index (Phi) is 5.54. The fourth-order valence-corrected chi connectivity index (χ4v) is 1.15. The van der Waals surface area contributed by atoms with Gasteiger partial charge < -0.3 is 5.11 Å². The highest BCUT2D eigenvalue weighted by molar-refractivity contribution is 8.00. The Labute approximate surface area is 69.3 Å². The molecular weight excluding hydrogens is 172 g/mol. The Balaban J connectivity index is 3.21. The molecule has 0 aromatic rings. The molecule has 0 rings (SSSR count). The smallest absolute Gasteiger partial charge is 0.313 e. The molecule has 0 unspecified atom stereocenters. The molecule has 0 aliphatic rings. The monoisotopic (exact) mass is 180 g/mol. The molecule has 1 N–H and O–H groups in total. The number of carboxylic acid groups (broad SMARTS) is 1. The number of thioether (sulfide) groups is 1. The standard InChI is InChI=1S/C6H9ClO2S/c1-5(7)2-3-10-4-6(8)9/h2H,3-4H2,1H3,(H,8,9)/b5-2-. The predicted octanol–water partition coefficient (Wildman–Crippen LogP) is 1.95. The normalized spacial score (nSPS) is 11.6. The summed E-state index contributed by atoms with van der Waals surface area (Å²) >= 11 is 6.82. The van der Waals surface area contributed by atoms with Crippen LogP contribution in [0.1, 0.15) is 6.92 Å². The van der Waals surface area contributed by atoms with Crippen LogP contribution in [-0.2, 0) is 4.79 Å². The van der Waals surface area contributed by atoms with Gasteiger partial charge in [-0.15, -0.1) is 11.8 Å². The minimum atomic E-state index is -0.786. The number of hydrogen-bond donors (Lipinski definition) is 1. The Morgan fingerprint density at radius 3 is 2.80 bits per heavy atom. The number of carbonyl (C=O) groups is 1. The highest BCUT2D eigenvalue weighted by atomic mass is 35.5. The second kappa shape index (κ2) is 5.62. The van der Waals surface area contributed by atoms with Crippen molar-refractivity contribution in [2.45, 2.75) is 6.92 Å². The molecule has 0 saturated carbocycles. The first kappa shape index (κ1) is 9.85. The summed E-state index contributed by atoms with van der Waals surface area (Å²) in [6.07, 6.45) is 1.79. The van der Waals surface area contributed by atoms with Crippen LogP contribution in [0.2, 0.25) is 0 Å². The molecule has 0 atom stereocenters. The van der Waals surface area contributed by atoms with E-state index in [1.807, 2.05) is 0 Å². The van der Waals surface area contributed by atoms with Crippen molar-refractivity contribution in [2.24, 2.45) is 0 Å². The zero-order valence-corrected chi connectivity index (χ0v) is 7.21. The van der Waals surface area contributed by atoms with Crippen molar-refractivity contribution in [1.82, 2.24) is 0 Å². The van der Waals surface area contributed by atoms with Gasteiger partial charge in [-0.25, -0.2) is 0 Å². The van der Waals surface area contributed by atoms with Gasteiger partial charge in [-0.1, -0.05) is 17.7 Å². The SMILES string of the molecule is C/C(Cl)=C/CSCC(=O)O. The third kappa shape index (κ3) is 7.85. The van der Waals surface area contributed by atoms with E-state index in [2.05, 4.69) is 0 Å². The van der Waals surface area contributed by atoms with E-state index in [1.165, 1.54) is 11.8 Å². The lowest BCUT2D eigenvalue weighted by atomic mass is 10.6. The molecule has 0 aliphatic heterocycles. The third-order valence-electron chi connectivity index (χ3n) is 0.708. The molecule has 0 aliphatic carbocycles. The summed E-state index contributed by atoms with van der Waals surface area (Å²) in [4.78, 5) is 9.97. The average molecular weight is 181 g/mol. The highest BCUT2D eigenvalue weighted by Crippen LogP contribution is 2.04. The molecule has 4 heteroatoms. The lowest BCUT2D eigenvalue weighted by Crippen LogP contribution is -1.97. The van der Waals surface area contributed by atoms with Crippen LogP contribution in [0.15, 0.2) is 11.1 Å². The summed E-state index contributed by atoms with van der Waals surface area (Å²) in [6, 6.07) is 0. The molecule has 0 amide bonds. The maximum Gasteiger partial charge on any atom is 0.313 e. The van der Waals surface area contributed by atoms with Crippen LogP contribution in [0.5, 0.6) is 0 Å². The van der Waals surface area contributed by atoms with Crippen molar-refractivity contribution >= 4 is 29.3 Å². The first-order valence-electron chi connectivity index (χ1n) is 2.74. The van der Waals surface area contributed by atoms with Crippen LogP contribution < -0.4 is 0 Å². The molecule has 0 fully saturated rings. The number of halogens is 1. The number of rotatable bonds is 4. The minimum Gasteiger partial charge on any atom is -0.481 e. The summed E-state index contributed by atoms with van der Waals surface area (Å²) in [5.41, 5.74) is 0. The topological polar surface area (TPSA) is 37.3 Å². The van der Waals surface area contributed by atoms with Gasteiger partial charge in [-0.2, -0.15) is 0 Å². The quantitative estimate of drug-likeness (QED) is 0.672. The number of allylic oxidation sites excluding steroid dienone is 1. The first-order valence-corrected chi connectivity index (χ1v) is 4.28. The van der Waals surface area contributed by atoms with E-state index in [4.69, 9.17) is 16.7 Å². The minimum absolute atomic E-state index is 0.140.